The number of carboxylic acid groups (broad SMARTS) is 2. The maximum atomic E-state index is 15.4. The molecule has 5 aliphatic carbocycles. The zero-order chi connectivity index (χ0) is 57.6. The Morgan fingerprint density at radius 1 is 0.667 bits per heavy atom. The minimum Gasteiger partial charge on any atom is -0.481 e. The van der Waals surface area contributed by atoms with Gasteiger partial charge in [0.2, 0.25) is 6.29 Å². The number of hydrogen-bond donors (Lipinski definition) is 13. The van der Waals surface area contributed by atoms with E-state index in [0.29, 0.717) is 64.2 Å². The van der Waals surface area contributed by atoms with Crippen molar-refractivity contribution < 1.29 is 119 Å². The third kappa shape index (κ3) is 10.5. The van der Waals surface area contributed by atoms with Crippen molar-refractivity contribution >= 4 is 23.9 Å². The first-order valence-corrected chi connectivity index (χ1v) is 27.4. The number of allylic oxidation sites excluding steroid dienone is 2. The van der Waals surface area contributed by atoms with Crippen molar-refractivity contribution in [3.05, 3.63) is 11.6 Å². The van der Waals surface area contributed by atoms with E-state index in [4.69, 9.17) is 38.3 Å². The molecule has 8 rings (SSSR count). The highest BCUT2D eigenvalue weighted by Gasteiger charge is 2.71. The summed E-state index contributed by atoms with van der Waals surface area (Å²) in [6.45, 7) is 11.4. The standard InChI is InChI=1S/C54H84O24/c1-48(2)14-16-54(17-15-51(5)24(25(54)18-48)8-9-29-50(4)12-11-31(56)53(7,46(68)69)30(50)10-13-52(29,51)6)47(70)78-45-41(67)42(77-44-40(66)37(63)34(60)26(21-55)74-44)36(62)28(76-45)23-73-43-39(65)38(64)35(61)27(75-43)22-72-33(59)20-49(3,71)19-32(57)58/h8,25-31,34-45,55-56,60-67,71H,9-23H2,1-7H3,(H,57,58)(H,68,69)/t25-,26+,27+,28+,29+,30+,31-,34+,35+,36-,37-,38-,39+,40+,41+,42-,43+,44-,45-,49-,50+,51+,52+,53-,54+/m0/s1. The van der Waals surface area contributed by atoms with E-state index >= 15 is 4.79 Å². The monoisotopic (exact) mass is 1120 g/mol. The normalized spacial score (nSPS) is 48.8. The second-order valence-electron chi connectivity index (χ2n) is 26.0. The van der Waals surface area contributed by atoms with E-state index in [2.05, 4.69) is 40.7 Å². The Labute approximate surface area is 452 Å². The molecule has 3 saturated heterocycles. The lowest BCUT2D eigenvalue weighted by Crippen LogP contribution is -2.67. The van der Waals surface area contributed by atoms with Gasteiger partial charge in [-0.25, -0.2) is 0 Å². The molecule has 3 heterocycles. The van der Waals surface area contributed by atoms with Gasteiger partial charge in [0.05, 0.1) is 48.6 Å². The molecule has 0 aromatic rings. The van der Waals surface area contributed by atoms with E-state index < -0.39 is 182 Å². The number of ether oxygens (including phenoxy) is 7. The Hall–Kier alpha value is -3.02. The lowest BCUT2D eigenvalue weighted by molar-refractivity contribution is -0.363. The lowest BCUT2D eigenvalue weighted by atomic mass is 9.33. The molecule has 444 valence electrons. The van der Waals surface area contributed by atoms with Crippen molar-refractivity contribution in [3.63, 3.8) is 0 Å². The molecule has 78 heavy (non-hydrogen) atoms. The van der Waals surface area contributed by atoms with Crippen molar-refractivity contribution in [2.75, 3.05) is 19.8 Å². The summed E-state index contributed by atoms with van der Waals surface area (Å²) in [4.78, 5) is 52.1. The molecule has 0 unspecified atom stereocenters. The Kier molecular flexibility index (Phi) is 17.2. The fourth-order valence-electron chi connectivity index (χ4n) is 15.7. The van der Waals surface area contributed by atoms with Crippen LogP contribution in [0.5, 0.6) is 0 Å². The predicted octanol–water partition coefficient (Wildman–Crippen LogP) is -0.628. The van der Waals surface area contributed by atoms with Crippen LogP contribution in [0.4, 0.5) is 0 Å². The highest BCUT2D eigenvalue weighted by Crippen LogP contribution is 2.76. The zero-order valence-corrected chi connectivity index (χ0v) is 45.5. The number of aliphatic hydroxyl groups is 11. The molecule has 0 spiro atoms. The molecule has 25 atom stereocenters. The van der Waals surface area contributed by atoms with Gasteiger partial charge in [0.25, 0.3) is 0 Å². The van der Waals surface area contributed by atoms with Crippen molar-refractivity contribution in [2.24, 2.45) is 50.2 Å². The average Bonchev–Trinajstić information content (AvgIpc) is 3.45. The van der Waals surface area contributed by atoms with Gasteiger partial charge in [-0.1, -0.05) is 46.3 Å². The Bertz CT molecular complexity index is 2260. The van der Waals surface area contributed by atoms with Gasteiger partial charge in [0.15, 0.2) is 12.6 Å². The Morgan fingerprint density at radius 2 is 1.27 bits per heavy atom. The van der Waals surface area contributed by atoms with E-state index in [1.807, 2.05) is 0 Å². The topological polar surface area (TPSA) is 396 Å². The van der Waals surface area contributed by atoms with Gasteiger partial charge in [-0.3, -0.25) is 19.2 Å². The first-order chi connectivity index (χ1) is 36.2. The van der Waals surface area contributed by atoms with E-state index in [0.717, 1.165) is 12.5 Å². The molecule has 0 aromatic heterocycles. The largest absolute Gasteiger partial charge is 0.481 e. The number of rotatable bonds is 15. The number of hydrogen-bond acceptors (Lipinski definition) is 22. The van der Waals surface area contributed by atoms with E-state index in [1.54, 1.807) is 6.92 Å². The van der Waals surface area contributed by atoms with Crippen molar-refractivity contribution in [1.29, 1.82) is 0 Å². The molecule has 0 amide bonds. The van der Waals surface area contributed by atoms with Crippen LogP contribution in [0.3, 0.4) is 0 Å². The number of aliphatic hydroxyl groups excluding tert-OH is 10. The zero-order valence-electron chi connectivity index (χ0n) is 45.5. The van der Waals surface area contributed by atoms with Crippen LogP contribution in [0.1, 0.15) is 126 Å². The SMILES string of the molecule is CC1(C)CC[C@@]2(C(=O)O[C@@H]3O[C@H](CO[C@@H]4O[C@H](COC(=O)C[C@@](C)(O)CC(=O)O)[C@@H](O)[C@H](O)[C@H]4O)[C@H](O)[C@H](O[C@@H]4O[C@H](CO)[C@@H](O)[C@H](O)[C@H]4O)[C@H]3O)CC[C@]3(C)C(=CC[C@@H]4[C@@]5(C)CC[C@H](O)[C@@](C)(C(=O)O)[C@@H]5CC[C@]43C)[C@@H]2C1. The molecular weight excluding hydrogens is 1030 g/mol. The van der Waals surface area contributed by atoms with E-state index in [1.165, 1.54) is 0 Å². The highest BCUT2D eigenvalue weighted by molar-refractivity contribution is 5.79. The summed E-state index contributed by atoms with van der Waals surface area (Å²) in [6, 6.07) is 0. The summed E-state index contributed by atoms with van der Waals surface area (Å²) in [7, 11) is 0. The molecule has 0 bridgehead atoms. The molecular formula is C54H84O24. The van der Waals surface area contributed by atoms with Gasteiger partial charge in [0.1, 0.15) is 79.9 Å². The molecule has 13 N–H and O–H groups in total. The summed E-state index contributed by atoms with van der Waals surface area (Å²) in [5, 5.41) is 140. The maximum absolute atomic E-state index is 15.4. The fraction of sp³-hybridized carbons (Fsp3) is 0.889. The van der Waals surface area contributed by atoms with Crippen LogP contribution in [0, 0.1) is 50.2 Å². The molecule has 8 aliphatic rings. The number of carbonyl (C=O) groups is 4. The summed E-state index contributed by atoms with van der Waals surface area (Å²) < 4.78 is 40.6. The summed E-state index contributed by atoms with van der Waals surface area (Å²) in [5.74, 6) is -4.76. The number of aliphatic carboxylic acids is 2. The number of fused-ring (bicyclic) bond motifs is 7. The van der Waals surface area contributed by atoms with Crippen molar-refractivity contribution in [2.45, 2.75) is 229 Å². The van der Waals surface area contributed by atoms with Crippen LogP contribution in [0.25, 0.3) is 0 Å². The first-order valence-electron chi connectivity index (χ1n) is 27.4. The lowest BCUT2D eigenvalue weighted by Gasteiger charge is -2.71. The molecule has 24 nitrogen and oxygen atoms in total. The van der Waals surface area contributed by atoms with E-state index in [9.17, 15) is 75.7 Å². The number of carbonyl (C=O) groups excluding carboxylic acids is 2. The molecule has 0 aromatic carbocycles. The minimum atomic E-state index is -2.06. The van der Waals surface area contributed by atoms with Gasteiger partial charge in [-0.2, -0.15) is 0 Å². The Balaban J connectivity index is 1.06. The number of esters is 2. The highest BCUT2D eigenvalue weighted by atomic mass is 16.8. The van der Waals surface area contributed by atoms with Crippen molar-refractivity contribution in [1.82, 2.24) is 0 Å². The quantitative estimate of drug-likeness (QED) is 0.0717. The third-order valence-corrected chi connectivity index (χ3v) is 20.7. The Morgan fingerprint density at radius 3 is 1.91 bits per heavy atom. The van der Waals surface area contributed by atoms with Gasteiger partial charge >= 0.3 is 23.9 Å². The molecule has 7 fully saturated rings. The van der Waals surface area contributed by atoms with Crippen LogP contribution in [-0.4, -0.2) is 214 Å². The third-order valence-electron chi connectivity index (χ3n) is 20.7. The van der Waals surface area contributed by atoms with Gasteiger partial charge in [0, 0.05) is 0 Å². The second-order valence-corrected chi connectivity index (χ2v) is 26.0. The smallest absolute Gasteiger partial charge is 0.315 e. The molecule has 4 saturated carbocycles. The van der Waals surface area contributed by atoms with Crippen molar-refractivity contribution in [3.8, 4) is 0 Å². The maximum Gasteiger partial charge on any atom is 0.315 e. The van der Waals surface area contributed by atoms with Crippen LogP contribution >= 0.6 is 0 Å². The van der Waals surface area contributed by atoms with Crippen LogP contribution in [0.15, 0.2) is 11.6 Å². The van der Waals surface area contributed by atoms with Gasteiger partial charge in [-0.15, -0.1) is 0 Å². The molecule has 0 radical (unpaired) electrons. The van der Waals surface area contributed by atoms with Crippen LogP contribution < -0.4 is 0 Å². The number of carboxylic acids is 2. The summed E-state index contributed by atoms with van der Waals surface area (Å²) in [5.41, 5.74) is -4.79. The summed E-state index contributed by atoms with van der Waals surface area (Å²) >= 11 is 0. The summed E-state index contributed by atoms with van der Waals surface area (Å²) in [6.07, 6.45) is -22.8. The van der Waals surface area contributed by atoms with Gasteiger partial charge < -0.3 is 99.5 Å². The molecule has 3 aliphatic heterocycles. The second kappa shape index (κ2) is 22.0. The van der Waals surface area contributed by atoms with E-state index in [-0.39, 0.29) is 28.6 Å². The van der Waals surface area contributed by atoms with Gasteiger partial charge in [-0.05, 0) is 117 Å². The van der Waals surface area contributed by atoms with Crippen LogP contribution in [0.2, 0.25) is 0 Å². The first kappa shape index (κ1) is 61.1. The average molecular weight is 1120 g/mol. The molecule has 24 heteroatoms. The minimum absolute atomic E-state index is 0.0640. The predicted molar refractivity (Wildman–Crippen MR) is 264 cm³/mol. The fourth-order valence-corrected chi connectivity index (χ4v) is 15.7. The van der Waals surface area contributed by atoms with Crippen LogP contribution in [-0.2, 0) is 52.3 Å².